The van der Waals surface area contributed by atoms with Crippen molar-refractivity contribution in [1.29, 1.82) is 0 Å². The van der Waals surface area contributed by atoms with Crippen molar-refractivity contribution in [2.45, 2.75) is 284 Å². The van der Waals surface area contributed by atoms with Crippen molar-refractivity contribution in [1.82, 2.24) is 0 Å². The van der Waals surface area contributed by atoms with Crippen LogP contribution in [0.1, 0.15) is 278 Å². The quantitative estimate of drug-likeness (QED) is 0.0261. The molecule has 0 saturated heterocycles. The van der Waals surface area contributed by atoms with Crippen molar-refractivity contribution in [2.75, 3.05) is 13.2 Å². The number of carbonyl (C=O) groups excluding carboxylic acids is 3. The summed E-state index contributed by atoms with van der Waals surface area (Å²) in [5.74, 6) is -0.932. The Morgan fingerprint density at radius 2 is 0.520 bits per heavy atom. The summed E-state index contributed by atoms with van der Waals surface area (Å²) in [4.78, 5) is 38.3. The summed E-state index contributed by atoms with van der Waals surface area (Å²) in [6, 6.07) is 0. The number of ether oxygens (including phenoxy) is 3. The van der Waals surface area contributed by atoms with Gasteiger partial charge in [0.1, 0.15) is 13.2 Å². The molecule has 0 fully saturated rings. The van der Waals surface area contributed by atoms with Gasteiger partial charge in [0, 0.05) is 19.3 Å². The summed E-state index contributed by atoms with van der Waals surface area (Å²) in [5, 5.41) is 0. The highest BCUT2D eigenvalue weighted by atomic mass is 16.6. The van der Waals surface area contributed by atoms with Crippen molar-refractivity contribution >= 4 is 17.9 Å². The standard InChI is InChI=1S/C69H114O6/c1-4-7-10-13-16-19-22-25-27-29-31-32-33-34-35-36-38-39-41-44-47-50-53-56-59-62-68(71)74-65-66(64-73-67(70)61-58-55-52-49-46-43-24-21-18-15-12-9-6-3)75-69(72)63-60-57-54-51-48-45-42-40-37-30-28-26-23-20-17-14-11-8-5-2/h7,9-10,12,16-21,25-28,31-32,34-35,43,46,66H,4-6,8,11,13-15,22-24,29-30,33,36-42,44-45,47-65H2,1-3H3/b10-7-,12-9-,19-16-,20-17-,21-18-,27-25-,28-26-,32-31-,35-34-,46-43-. The molecule has 0 spiro atoms. The second kappa shape index (κ2) is 62.4. The maximum atomic E-state index is 12.9. The summed E-state index contributed by atoms with van der Waals surface area (Å²) >= 11 is 0. The third-order valence-corrected chi connectivity index (χ3v) is 12.9. The van der Waals surface area contributed by atoms with Gasteiger partial charge in [-0.1, -0.05) is 251 Å². The SMILES string of the molecule is CC/C=C\C/C=C\C/C=C\C/C=C\C/C=C\CCCCCCCCCCCC(=O)OCC(COC(=O)CCCCC/C=C\C/C=C\C/C=C\CC)OC(=O)CCCCCCCCCCC/C=C\C/C=C\CCCCC. The smallest absolute Gasteiger partial charge is 0.306 e. The van der Waals surface area contributed by atoms with Crippen LogP contribution in [0, 0.1) is 0 Å². The number of hydrogen-bond acceptors (Lipinski definition) is 6. The van der Waals surface area contributed by atoms with Gasteiger partial charge in [0.05, 0.1) is 0 Å². The van der Waals surface area contributed by atoms with Crippen molar-refractivity contribution in [2.24, 2.45) is 0 Å². The molecule has 0 aliphatic heterocycles. The second-order valence-electron chi connectivity index (χ2n) is 20.2. The average Bonchev–Trinajstić information content (AvgIpc) is 3.41. The van der Waals surface area contributed by atoms with Crippen molar-refractivity contribution in [3.63, 3.8) is 0 Å². The van der Waals surface area contributed by atoms with E-state index in [4.69, 9.17) is 14.2 Å². The Hall–Kier alpha value is -4.19. The Morgan fingerprint density at radius 3 is 0.827 bits per heavy atom. The van der Waals surface area contributed by atoms with E-state index in [1.54, 1.807) is 0 Å². The lowest BCUT2D eigenvalue weighted by atomic mass is 10.1. The Balaban J connectivity index is 4.37. The fourth-order valence-corrected chi connectivity index (χ4v) is 8.34. The Kier molecular flexibility index (Phi) is 58.9. The molecule has 0 saturated carbocycles. The monoisotopic (exact) mass is 1040 g/mol. The fourth-order valence-electron chi connectivity index (χ4n) is 8.34. The topological polar surface area (TPSA) is 78.9 Å². The van der Waals surface area contributed by atoms with Crippen LogP contribution in [0.5, 0.6) is 0 Å². The predicted octanol–water partition coefficient (Wildman–Crippen LogP) is 21.2. The van der Waals surface area contributed by atoms with Crippen LogP contribution in [0.15, 0.2) is 122 Å². The lowest BCUT2D eigenvalue weighted by molar-refractivity contribution is -0.167. The van der Waals surface area contributed by atoms with E-state index in [2.05, 4.69) is 142 Å². The molecule has 1 unspecified atom stereocenters. The molecule has 0 N–H and O–H groups in total. The van der Waals surface area contributed by atoms with E-state index < -0.39 is 6.10 Å². The molecule has 0 heterocycles. The van der Waals surface area contributed by atoms with E-state index in [0.717, 1.165) is 128 Å². The lowest BCUT2D eigenvalue weighted by Crippen LogP contribution is -2.30. The zero-order valence-electron chi connectivity index (χ0n) is 48.8. The largest absolute Gasteiger partial charge is 0.462 e. The van der Waals surface area contributed by atoms with Crippen LogP contribution in [0.25, 0.3) is 0 Å². The molecule has 0 amide bonds. The molecular weight excluding hydrogens is 925 g/mol. The number of rotatable bonds is 55. The molecule has 0 rings (SSSR count). The molecule has 0 aliphatic carbocycles. The van der Waals surface area contributed by atoms with Gasteiger partial charge in [-0.05, 0) is 128 Å². The van der Waals surface area contributed by atoms with Gasteiger partial charge < -0.3 is 14.2 Å². The van der Waals surface area contributed by atoms with Crippen LogP contribution < -0.4 is 0 Å². The third-order valence-electron chi connectivity index (χ3n) is 12.9. The minimum absolute atomic E-state index is 0.0945. The minimum Gasteiger partial charge on any atom is -0.462 e. The summed E-state index contributed by atoms with van der Waals surface area (Å²) in [5.41, 5.74) is 0. The first-order valence-electron chi connectivity index (χ1n) is 31.0. The minimum atomic E-state index is -0.799. The number of hydrogen-bond donors (Lipinski definition) is 0. The lowest BCUT2D eigenvalue weighted by Gasteiger charge is -2.18. The first-order chi connectivity index (χ1) is 37.0. The van der Waals surface area contributed by atoms with Gasteiger partial charge >= 0.3 is 17.9 Å². The summed E-state index contributed by atoms with van der Waals surface area (Å²) in [6.07, 6.45) is 86.3. The van der Waals surface area contributed by atoms with Gasteiger partial charge in [-0.2, -0.15) is 0 Å². The van der Waals surface area contributed by atoms with Gasteiger partial charge in [-0.15, -0.1) is 0 Å². The van der Waals surface area contributed by atoms with Gasteiger partial charge in [0.15, 0.2) is 6.10 Å². The molecule has 6 nitrogen and oxygen atoms in total. The second-order valence-corrected chi connectivity index (χ2v) is 20.2. The number of carbonyl (C=O) groups is 3. The highest BCUT2D eigenvalue weighted by Gasteiger charge is 2.19. The van der Waals surface area contributed by atoms with E-state index in [9.17, 15) is 14.4 Å². The molecule has 426 valence electrons. The van der Waals surface area contributed by atoms with Crippen LogP contribution in [0.4, 0.5) is 0 Å². The molecule has 0 aromatic carbocycles. The van der Waals surface area contributed by atoms with Gasteiger partial charge in [0.2, 0.25) is 0 Å². The predicted molar refractivity (Wildman–Crippen MR) is 325 cm³/mol. The highest BCUT2D eigenvalue weighted by molar-refractivity contribution is 5.71. The zero-order valence-corrected chi connectivity index (χ0v) is 48.8. The molecule has 6 heteroatoms. The first kappa shape index (κ1) is 70.8. The van der Waals surface area contributed by atoms with E-state index in [0.29, 0.717) is 19.3 Å². The van der Waals surface area contributed by atoms with Crippen molar-refractivity contribution in [3.8, 4) is 0 Å². The fraction of sp³-hybridized carbons (Fsp3) is 0.667. The maximum Gasteiger partial charge on any atom is 0.306 e. The summed E-state index contributed by atoms with van der Waals surface area (Å²) in [6.45, 7) is 6.36. The third kappa shape index (κ3) is 60.6. The molecule has 0 bridgehead atoms. The van der Waals surface area contributed by atoms with E-state index in [1.165, 1.54) is 109 Å². The molecule has 0 aromatic heterocycles. The zero-order chi connectivity index (χ0) is 54.3. The Labute approximate surface area is 462 Å². The van der Waals surface area contributed by atoms with Gasteiger partial charge in [-0.25, -0.2) is 0 Å². The average molecular weight is 1040 g/mol. The van der Waals surface area contributed by atoms with Crippen LogP contribution in [0.2, 0.25) is 0 Å². The summed E-state index contributed by atoms with van der Waals surface area (Å²) in [7, 11) is 0. The van der Waals surface area contributed by atoms with Crippen LogP contribution in [-0.2, 0) is 28.6 Å². The van der Waals surface area contributed by atoms with Crippen molar-refractivity contribution in [3.05, 3.63) is 122 Å². The van der Waals surface area contributed by atoms with E-state index >= 15 is 0 Å². The highest BCUT2D eigenvalue weighted by Crippen LogP contribution is 2.15. The first-order valence-corrected chi connectivity index (χ1v) is 31.0. The number of unbranched alkanes of at least 4 members (excludes halogenated alkanes) is 24. The van der Waals surface area contributed by atoms with Crippen LogP contribution >= 0.6 is 0 Å². The maximum absolute atomic E-state index is 12.9. The van der Waals surface area contributed by atoms with Gasteiger partial charge in [-0.3, -0.25) is 14.4 Å². The van der Waals surface area contributed by atoms with E-state index in [-0.39, 0.29) is 31.1 Å². The van der Waals surface area contributed by atoms with Gasteiger partial charge in [0.25, 0.3) is 0 Å². The molecular formula is C69H114O6. The molecule has 0 radical (unpaired) electrons. The molecule has 0 aromatic rings. The number of esters is 3. The van der Waals surface area contributed by atoms with Crippen molar-refractivity contribution < 1.29 is 28.6 Å². The summed E-state index contributed by atoms with van der Waals surface area (Å²) < 4.78 is 16.9. The van der Waals surface area contributed by atoms with Crippen LogP contribution in [0.3, 0.4) is 0 Å². The molecule has 75 heavy (non-hydrogen) atoms. The van der Waals surface area contributed by atoms with Crippen LogP contribution in [-0.4, -0.2) is 37.2 Å². The number of allylic oxidation sites excluding steroid dienone is 20. The normalized spacial score (nSPS) is 12.9. The molecule has 0 aliphatic rings. The molecule has 1 atom stereocenters. The van der Waals surface area contributed by atoms with E-state index in [1.807, 2.05) is 0 Å². The Bertz CT molecular complexity index is 1570. The Morgan fingerprint density at radius 1 is 0.280 bits per heavy atom.